The summed E-state index contributed by atoms with van der Waals surface area (Å²) < 4.78 is 5.11. The minimum Gasteiger partial charge on any atom is -0.460 e. The number of nitrogens with two attached hydrogens (primary N) is 1. The van der Waals surface area contributed by atoms with Crippen molar-refractivity contribution in [2.75, 3.05) is 11.1 Å². The van der Waals surface area contributed by atoms with Crippen molar-refractivity contribution >= 4 is 23.4 Å². The zero-order valence-corrected chi connectivity index (χ0v) is 11.4. The van der Waals surface area contributed by atoms with Gasteiger partial charge in [-0.25, -0.2) is 4.98 Å². The van der Waals surface area contributed by atoms with Crippen LogP contribution in [-0.4, -0.2) is 22.5 Å². The number of nitrogen functional groups attached to an aromatic ring is 1. The third-order valence-corrected chi connectivity index (χ3v) is 2.04. The average molecular weight is 265 g/mol. The zero-order valence-electron chi connectivity index (χ0n) is 11.4. The number of pyridine rings is 1. The summed E-state index contributed by atoms with van der Waals surface area (Å²) in [5.74, 6) is -0.335. The van der Waals surface area contributed by atoms with E-state index in [0.717, 1.165) is 0 Å². The van der Waals surface area contributed by atoms with E-state index in [9.17, 15) is 9.59 Å². The Balaban J connectivity index is 2.38. The van der Waals surface area contributed by atoms with E-state index in [0.29, 0.717) is 11.5 Å². The standard InChI is InChI=1S/C13H19N3O3/c1-13(2,3)19-12(18)5-4-11(17)16-9-6-7-15-10(14)8-9/h6-8H,4-5H2,1-3H3,(H3,14,15,16,17). The molecule has 6 nitrogen and oxygen atoms in total. The number of carbonyl (C=O) groups excluding carboxylic acids is 2. The van der Waals surface area contributed by atoms with Gasteiger partial charge in [-0.15, -0.1) is 0 Å². The van der Waals surface area contributed by atoms with E-state index < -0.39 is 11.6 Å². The highest BCUT2D eigenvalue weighted by Crippen LogP contribution is 2.11. The molecule has 0 bridgehead atoms. The molecule has 1 aromatic heterocycles. The van der Waals surface area contributed by atoms with Gasteiger partial charge in [0.1, 0.15) is 11.4 Å². The van der Waals surface area contributed by atoms with E-state index in [1.807, 2.05) is 0 Å². The van der Waals surface area contributed by atoms with Gasteiger partial charge >= 0.3 is 5.97 Å². The lowest BCUT2D eigenvalue weighted by atomic mass is 10.2. The number of anilines is 2. The Labute approximate surface area is 112 Å². The number of hydrogen-bond donors (Lipinski definition) is 2. The third kappa shape index (κ3) is 6.40. The van der Waals surface area contributed by atoms with Crippen molar-refractivity contribution < 1.29 is 14.3 Å². The molecule has 0 unspecified atom stereocenters. The van der Waals surface area contributed by atoms with Crippen molar-refractivity contribution in [2.24, 2.45) is 0 Å². The lowest BCUT2D eigenvalue weighted by molar-refractivity contribution is -0.155. The van der Waals surface area contributed by atoms with Crippen LogP contribution in [0.1, 0.15) is 33.6 Å². The van der Waals surface area contributed by atoms with Crippen LogP contribution in [0.2, 0.25) is 0 Å². The van der Waals surface area contributed by atoms with Crippen molar-refractivity contribution in [3.8, 4) is 0 Å². The molecule has 3 N–H and O–H groups in total. The van der Waals surface area contributed by atoms with Crippen molar-refractivity contribution in [3.63, 3.8) is 0 Å². The largest absolute Gasteiger partial charge is 0.460 e. The Morgan fingerprint density at radius 1 is 1.37 bits per heavy atom. The number of amides is 1. The van der Waals surface area contributed by atoms with Gasteiger partial charge in [-0.3, -0.25) is 9.59 Å². The lowest BCUT2D eigenvalue weighted by Crippen LogP contribution is -2.24. The predicted molar refractivity (Wildman–Crippen MR) is 72.4 cm³/mol. The number of carbonyl (C=O) groups is 2. The summed E-state index contributed by atoms with van der Waals surface area (Å²) in [5.41, 5.74) is 5.51. The summed E-state index contributed by atoms with van der Waals surface area (Å²) in [7, 11) is 0. The summed E-state index contributed by atoms with van der Waals surface area (Å²) in [4.78, 5) is 26.9. The van der Waals surface area contributed by atoms with Gasteiger partial charge in [-0.05, 0) is 26.8 Å². The number of esters is 1. The average Bonchev–Trinajstić information content (AvgIpc) is 2.24. The fourth-order valence-electron chi connectivity index (χ4n) is 1.36. The summed E-state index contributed by atoms with van der Waals surface area (Å²) in [5, 5.41) is 2.63. The number of aromatic nitrogens is 1. The molecule has 0 aliphatic heterocycles. The van der Waals surface area contributed by atoms with Gasteiger partial charge in [-0.2, -0.15) is 0 Å². The molecule has 19 heavy (non-hydrogen) atoms. The molecule has 6 heteroatoms. The molecule has 1 aromatic rings. The first-order chi connectivity index (χ1) is 8.76. The number of nitrogens with one attached hydrogen (secondary N) is 1. The second kappa shape index (κ2) is 6.17. The minimum atomic E-state index is -0.535. The van der Waals surface area contributed by atoms with Gasteiger partial charge in [0.05, 0.1) is 6.42 Å². The van der Waals surface area contributed by atoms with E-state index in [-0.39, 0.29) is 18.7 Å². The summed E-state index contributed by atoms with van der Waals surface area (Å²) in [6.07, 6.45) is 1.61. The molecule has 0 atom stereocenters. The molecule has 1 rings (SSSR count). The Morgan fingerprint density at radius 3 is 2.63 bits per heavy atom. The smallest absolute Gasteiger partial charge is 0.306 e. The first kappa shape index (κ1) is 14.9. The first-order valence-corrected chi connectivity index (χ1v) is 5.99. The first-order valence-electron chi connectivity index (χ1n) is 5.99. The second-order valence-electron chi connectivity index (χ2n) is 5.10. The van der Waals surface area contributed by atoms with Crippen LogP contribution in [-0.2, 0) is 14.3 Å². The van der Waals surface area contributed by atoms with Crippen LogP contribution in [0.3, 0.4) is 0 Å². The molecule has 0 spiro atoms. The van der Waals surface area contributed by atoms with Crippen LogP contribution >= 0.6 is 0 Å². The molecule has 0 radical (unpaired) electrons. The molecule has 1 heterocycles. The fourth-order valence-corrected chi connectivity index (χ4v) is 1.36. The van der Waals surface area contributed by atoms with Crippen molar-refractivity contribution in [3.05, 3.63) is 18.3 Å². The van der Waals surface area contributed by atoms with E-state index in [1.54, 1.807) is 32.9 Å². The molecule has 1 amide bonds. The van der Waals surface area contributed by atoms with E-state index in [2.05, 4.69) is 10.3 Å². The van der Waals surface area contributed by atoms with E-state index in [1.165, 1.54) is 6.20 Å². The normalized spacial score (nSPS) is 10.9. The monoisotopic (exact) mass is 265 g/mol. The van der Waals surface area contributed by atoms with E-state index >= 15 is 0 Å². The van der Waals surface area contributed by atoms with Gasteiger partial charge in [0.15, 0.2) is 0 Å². The van der Waals surface area contributed by atoms with Gasteiger partial charge in [0, 0.05) is 24.4 Å². The summed E-state index contributed by atoms with van der Waals surface area (Å²) in [6.45, 7) is 5.35. The van der Waals surface area contributed by atoms with Gasteiger partial charge in [0.25, 0.3) is 0 Å². The van der Waals surface area contributed by atoms with Crippen molar-refractivity contribution in [1.82, 2.24) is 4.98 Å². The Morgan fingerprint density at radius 2 is 2.05 bits per heavy atom. The fraction of sp³-hybridized carbons (Fsp3) is 0.462. The van der Waals surface area contributed by atoms with Gasteiger partial charge < -0.3 is 15.8 Å². The highest BCUT2D eigenvalue weighted by molar-refractivity contribution is 5.92. The molecule has 0 aliphatic carbocycles. The number of rotatable bonds is 4. The van der Waals surface area contributed by atoms with Gasteiger partial charge in [-0.1, -0.05) is 0 Å². The van der Waals surface area contributed by atoms with Crippen LogP contribution in [0.15, 0.2) is 18.3 Å². The van der Waals surface area contributed by atoms with Crippen LogP contribution in [0.4, 0.5) is 11.5 Å². The predicted octanol–water partition coefficient (Wildman–Crippen LogP) is 1.72. The summed E-state index contributed by atoms with van der Waals surface area (Å²) >= 11 is 0. The van der Waals surface area contributed by atoms with Crippen LogP contribution in [0.25, 0.3) is 0 Å². The number of ether oxygens (including phenoxy) is 1. The van der Waals surface area contributed by atoms with Crippen LogP contribution < -0.4 is 11.1 Å². The number of nitrogens with zero attached hydrogens (tertiary/aromatic N) is 1. The second-order valence-corrected chi connectivity index (χ2v) is 5.10. The van der Waals surface area contributed by atoms with Crippen molar-refractivity contribution in [1.29, 1.82) is 0 Å². The quantitative estimate of drug-likeness (QED) is 0.808. The SMILES string of the molecule is CC(C)(C)OC(=O)CCC(=O)Nc1ccnc(N)c1. The maximum Gasteiger partial charge on any atom is 0.306 e. The Hall–Kier alpha value is -2.11. The molecule has 104 valence electrons. The van der Waals surface area contributed by atoms with Crippen molar-refractivity contribution in [2.45, 2.75) is 39.2 Å². The van der Waals surface area contributed by atoms with Crippen LogP contribution in [0, 0.1) is 0 Å². The maximum atomic E-state index is 11.6. The highest BCUT2D eigenvalue weighted by atomic mass is 16.6. The third-order valence-electron chi connectivity index (χ3n) is 2.04. The lowest BCUT2D eigenvalue weighted by Gasteiger charge is -2.19. The molecular formula is C13H19N3O3. The van der Waals surface area contributed by atoms with Crippen LogP contribution in [0.5, 0.6) is 0 Å². The molecular weight excluding hydrogens is 246 g/mol. The number of hydrogen-bond acceptors (Lipinski definition) is 5. The Kier molecular flexibility index (Phi) is 4.86. The topological polar surface area (TPSA) is 94.3 Å². The molecule has 0 aromatic carbocycles. The highest BCUT2D eigenvalue weighted by Gasteiger charge is 2.17. The molecule has 0 fully saturated rings. The minimum absolute atomic E-state index is 0.0453. The zero-order chi connectivity index (χ0) is 14.5. The molecule has 0 aliphatic rings. The molecule has 0 saturated carbocycles. The molecule has 0 saturated heterocycles. The maximum absolute atomic E-state index is 11.6. The summed E-state index contributed by atoms with van der Waals surface area (Å²) in [6, 6.07) is 3.17. The van der Waals surface area contributed by atoms with Gasteiger partial charge in [0.2, 0.25) is 5.91 Å². The Bertz CT molecular complexity index is 466. The van der Waals surface area contributed by atoms with E-state index in [4.69, 9.17) is 10.5 Å².